The Balaban J connectivity index is 1.96. The average molecular weight is 273 g/mol. The molecule has 0 spiro atoms. The number of ether oxygens (including phenoxy) is 1. The fourth-order valence-electron chi connectivity index (χ4n) is 1.69. The number of aryl methyl sites for hydroxylation is 1. The minimum Gasteiger partial charge on any atom is -0.458 e. The Bertz CT molecular complexity index is 679. The van der Waals surface area contributed by atoms with E-state index in [4.69, 9.17) is 10.5 Å². The van der Waals surface area contributed by atoms with E-state index in [1.54, 1.807) is 6.07 Å². The fraction of sp³-hybridized carbons (Fsp3) is 0.214. The number of rotatable bonds is 4. The SMILES string of the molecule is Cc1cccc(COC(=O)Cn2cc(N)ccc2=O)n1. The van der Waals surface area contributed by atoms with Gasteiger partial charge >= 0.3 is 5.97 Å². The molecule has 6 heteroatoms. The summed E-state index contributed by atoms with van der Waals surface area (Å²) in [6.45, 7) is 1.77. The van der Waals surface area contributed by atoms with Gasteiger partial charge in [0.2, 0.25) is 0 Å². The van der Waals surface area contributed by atoms with E-state index in [2.05, 4.69) is 4.98 Å². The van der Waals surface area contributed by atoms with E-state index < -0.39 is 5.97 Å². The monoisotopic (exact) mass is 273 g/mol. The summed E-state index contributed by atoms with van der Waals surface area (Å²) in [5, 5.41) is 0. The van der Waals surface area contributed by atoms with E-state index in [-0.39, 0.29) is 18.7 Å². The third-order valence-corrected chi connectivity index (χ3v) is 2.63. The highest BCUT2D eigenvalue weighted by atomic mass is 16.5. The third-order valence-electron chi connectivity index (χ3n) is 2.63. The number of esters is 1. The van der Waals surface area contributed by atoms with Crippen molar-refractivity contribution < 1.29 is 9.53 Å². The van der Waals surface area contributed by atoms with E-state index in [9.17, 15) is 9.59 Å². The van der Waals surface area contributed by atoms with Crippen molar-refractivity contribution in [2.75, 3.05) is 5.73 Å². The van der Waals surface area contributed by atoms with Gasteiger partial charge in [0, 0.05) is 23.6 Å². The summed E-state index contributed by atoms with van der Waals surface area (Å²) in [6, 6.07) is 8.27. The molecule has 6 nitrogen and oxygen atoms in total. The molecule has 0 saturated carbocycles. The smallest absolute Gasteiger partial charge is 0.326 e. The summed E-state index contributed by atoms with van der Waals surface area (Å²) in [7, 11) is 0. The zero-order valence-electron chi connectivity index (χ0n) is 11.1. The van der Waals surface area contributed by atoms with Crippen LogP contribution in [0.3, 0.4) is 0 Å². The van der Waals surface area contributed by atoms with Crippen molar-refractivity contribution in [3.8, 4) is 0 Å². The molecule has 0 saturated heterocycles. The number of anilines is 1. The summed E-state index contributed by atoms with van der Waals surface area (Å²) in [4.78, 5) is 27.4. The lowest BCUT2D eigenvalue weighted by Crippen LogP contribution is -2.24. The summed E-state index contributed by atoms with van der Waals surface area (Å²) in [5.41, 5.74) is 7.19. The first-order chi connectivity index (χ1) is 9.54. The maximum atomic E-state index is 11.7. The number of nitrogens with two attached hydrogens (primary N) is 1. The molecule has 0 aliphatic carbocycles. The normalized spacial score (nSPS) is 10.2. The van der Waals surface area contributed by atoms with Crippen LogP contribution in [0.5, 0.6) is 0 Å². The van der Waals surface area contributed by atoms with Crippen molar-refractivity contribution in [2.45, 2.75) is 20.1 Å². The first kappa shape index (κ1) is 13.8. The average Bonchev–Trinajstić information content (AvgIpc) is 2.41. The van der Waals surface area contributed by atoms with Crippen LogP contribution in [0.25, 0.3) is 0 Å². The van der Waals surface area contributed by atoms with Crippen LogP contribution >= 0.6 is 0 Å². The van der Waals surface area contributed by atoms with Crippen LogP contribution in [0.2, 0.25) is 0 Å². The van der Waals surface area contributed by atoms with E-state index >= 15 is 0 Å². The Labute approximate surface area is 115 Å². The lowest BCUT2D eigenvalue weighted by atomic mass is 10.3. The van der Waals surface area contributed by atoms with E-state index in [1.165, 1.54) is 22.9 Å². The standard InChI is InChI=1S/C14H15N3O3/c1-10-3-2-4-12(16-10)9-20-14(19)8-17-7-11(15)5-6-13(17)18/h2-7H,8-9,15H2,1H3. The molecule has 0 fully saturated rings. The van der Waals surface area contributed by atoms with Crippen LogP contribution in [0.15, 0.2) is 41.3 Å². The van der Waals surface area contributed by atoms with Gasteiger partial charge in [-0.2, -0.15) is 0 Å². The van der Waals surface area contributed by atoms with Gasteiger partial charge in [-0.25, -0.2) is 0 Å². The van der Waals surface area contributed by atoms with Gasteiger partial charge in [-0.3, -0.25) is 14.6 Å². The quantitative estimate of drug-likeness (QED) is 0.835. The van der Waals surface area contributed by atoms with Gasteiger partial charge in [-0.1, -0.05) is 6.07 Å². The predicted molar refractivity (Wildman–Crippen MR) is 73.9 cm³/mol. The highest BCUT2D eigenvalue weighted by molar-refractivity contribution is 5.69. The summed E-state index contributed by atoms with van der Waals surface area (Å²) >= 11 is 0. The van der Waals surface area contributed by atoms with Gasteiger partial charge in [0.1, 0.15) is 13.2 Å². The second kappa shape index (κ2) is 6.01. The lowest BCUT2D eigenvalue weighted by molar-refractivity contribution is -0.145. The summed E-state index contributed by atoms with van der Waals surface area (Å²) < 4.78 is 6.29. The second-order valence-corrected chi connectivity index (χ2v) is 4.36. The molecule has 0 bridgehead atoms. The molecule has 20 heavy (non-hydrogen) atoms. The van der Waals surface area contributed by atoms with Gasteiger partial charge in [0.05, 0.1) is 5.69 Å². The highest BCUT2D eigenvalue weighted by Crippen LogP contribution is 2.01. The molecule has 0 aromatic carbocycles. The number of hydrogen-bond donors (Lipinski definition) is 1. The molecule has 2 N–H and O–H groups in total. The Morgan fingerprint density at radius 3 is 2.90 bits per heavy atom. The molecule has 104 valence electrons. The van der Waals surface area contributed by atoms with E-state index in [0.29, 0.717) is 11.4 Å². The maximum Gasteiger partial charge on any atom is 0.326 e. The zero-order valence-corrected chi connectivity index (χ0v) is 11.1. The maximum absolute atomic E-state index is 11.7. The Kier molecular flexibility index (Phi) is 4.14. The van der Waals surface area contributed by atoms with Crippen molar-refractivity contribution in [1.29, 1.82) is 0 Å². The first-order valence-electron chi connectivity index (χ1n) is 6.09. The summed E-state index contributed by atoms with van der Waals surface area (Å²) in [5.74, 6) is -0.513. The minimum atomic E-state index is -0.513. The number of carbonyl (C=O) groups is 1. The molecular weight excluding hydrogens is 258 g/mol. The van der Waals surface area contributed by atoms with E-state index in [0.717, 1.165) is 5.69 Å². The topological polar surface area (TPSA) is 87.2 Å². The van der Waals surface area contributed by atoms with Crippen LogP contribution in [0, 0.1) is 6.92 Å². The van der Waals surface area contributed by atoms with Crippen LogP contribution in [0.4, 0.5) is 5.69 Å². The number of nitrogen functional groups attached to an aromatic ring is 1. The Morgan fingerprint density at radius 2 is 2.15 bits per heavy atom. The third kappa shape index (κ3) is 3.68. The van der Waals surface area contributed by atoms with Crippen molar-refractivity contribution >= 4 is 11.7 Å². The molecular formula is C14H15N3O3. The van der Waals surface area contributed by atoms with Crippen molar-refractivity contribution in [3.63, 3.8) is 0 Å². The van der Waals surface area contributed by atoms with Crippen LogP contribution < -0.4 is 11.3 Å². The second-order valence-electron chi connectivity index (χ2n) is 4.36. The molecule has 0 atom stereocenters. The van der Waals surface area contributed by atoms with Gasteiger partial charge in [0.15, 0.2) is 0 Å². The Hall–Kier alpha value is -2.63. The number of carbonyl (C=O) groups excluding carboxylic acids is 1. The molecule has 0 unspecified atom stereocenters. The predicted octanol–water partition coefficient (Wildman–Crippen LogP) is 0.877. The molecule has 2 heterocycles. The minimum absolute atomic E-state index is 0.0809. The fourth-order valence-corrected chi connectivity index (χ4v) is 1.69. The van der Waals surface area contributed by atoms with Gasteiger partial charge in [-0.05, 0) is 25.1 Å². The van der Waals surface area contributed by atoms with Crippen molar-refractivity contribution in [2.24, 2.45) is 0 Å². The van der Waals surface area contributed by atoms with E-state index in [1.807, 2.05) is 19.1 Å². The van der Waals surface area contributed by atoms with Gasteiger partial charge in [0.25, 0.3) is 5.56 Å². The lowest BCUT2D eigenvalue weighted by Gasteiger charge is -2.07. The molecule has 2 rings (SSSR count). The van der Waals surface area contributed by atoms with Crippen molar-refractivity contribution in [3.05, 3.63) is 58.3 Å². The largest absolute Gasteiger partial charge is 0.458 e. The Morgan fingerprint density at radius 1 is 1.35 bits per heavy atom. The van der Waals surface area contributed by atoms with Gasteiger partial charge in [-0.15, -0.1) is 0 Å². The van der Waals surface area contributed by atoms with Crippen LogP contribution in [-0.2, 0) is 22.7 Å². The molecule has 0 aliphatic heterocycles. The van der Waals surface area contributed by atoms with Crippen LogP contribution in [0.1, 0.15) is 11.4 Å². The van der Waals surface area contributed by atoms with Gasteiger partial charge < -0.3 is 15.0 Å². The van der Waals surface area contributed by atoms with Crippen LogP contribution in [-0.4, -0.2) is 15.5 Å². The highest BCUT2D eigenvalue weighted by Gasteiger charge is 2.07. The number of pyridine rings is 2. The first-order valence-corrected chi connectivity index (χ1v) is 6.09. The molecule has 0 aliphatic rings. The van der Waals surface area contributed by atoms with Crippen molar-refractivity contribution in [1.82, 2.24) is 9.55 Å². The zero-order chi connectivity index (χ0) is 14.5. The number of aromatic nitrogens is 2. The molecule has 2 aromatic heterocycles. The summed E-state index contributed by atoms with van der Waals surface area (Å²) in [6.07, 6.45) is 1.41. The molecule has 2 aromatic rings. The molecule has 0 radical (unpaired) electrons. The molecule has 0 amide bonds. The number of nitrogens with zero attached hydrogens (tertiary/aromatic N) is 2. The number of hydrogen-bond acceptors (Lipinski definition) is 5.